The smallest absolute Gasteiger partial charge is 0.263 e. The zero-order valence-corrected chi connectivity index (χ0v) is 17.8. The molecule has 1 aromatic heterocycles. The van der Waals surface area contributed by atoms with Gasteiger partial charge in [0.05, 0.1) is 26.0 Å². The Kier molecular flexibility index (Phi) is 6.78. The number of aryl methyl sites for hydroxylation is 1. The number of amides is 1. The maximum atomic E-state index is 12.8. The van der Waals surface area contributed by atoms with E-state index in [0.717, 1.165) is 16.4 Å². The van der Waals surface area contributed by atoms with Gasteiger partial charge in [-0.25, -0.2) is 4.98 Å². The normalized spacial score (nSPS) is 15.7. The first-order valence-corrected chi connectivity index (χ1v) is 10.6. The zero-order valence-electron chi connectivity index (χ0n) is 17.0. The summed E-state index contributed by atoms with van der Waals surface area (Å²) in [6.45, 7) is 3.84. The van der Waals surface area contributed by atoms with E-state index in [-0.39, 0.29) is 11.9 Å². The van der Waals surface area contributed by atoms with E-state index in [1.54, 1.807) is 14.2 Å². The van der Waals surface area contributed by atoms with Gasteiger partial charge in [-0.2, -0.15) is 0 Å². The van der Waals surface area contributed by atoms with Gasteiger partial charge in [0, 0.05) is 6.04 Å². The highest BCUT2D eigenvalue weighted by Crippen LogP contribution is 2.31. The molecule has 0 spiro atoms. The third kappa shape index (κ3) is 4.76. The van der Waals surface area contributed by atoms with Crippen LogP contribution in [0.2, 0.25) is 0 Å². The summed E-state index contributed by atoms with van der Waals surface area (Å²) in [7, 11) is 3.21. The van der Waals surface area contributed by atoms with Crippen molar-refractivity contribution >= 4 is 22.4 Å². The Morgan fingerprint density at radius 2 is 1.89 bits per heavy atom. The summed E-state index contributed by atoms with van der Waals surface area (Å²) in [5, 5.41) is 7.41. The van der Waals surface area contributed by atoms with Crippen molar-refractivity contribution in [1.82, 2.24) is 10.3 Å². The standard InChI is InChI=1S/C21H29N3O3S/c1-13(15-10-11-17(26-3)18(12-15)27-4)22-20(25)19-14(2)23-21(28-19)24-16-8-6-5-7-9-16/h10-13,16H,5-9H2,1-4H3,(H,22,25)(H,23,24). The van der Waals surface area contributed by atoms with Crippen LogP contribution in [0, 0.1) is 6.92 Å². The van der Waals surface area contributed by atoms with Crippen LogP contribution < -0.4 is 20.1 Å². The van der Waals surface area contributed by atoms with Crippen LogP contribution >= 0.6 is 11.3 Å². The molecule has 0 aliphatic heterocycles. The van der Waals surface area contributed by atoms with Crippen molar-refractivity contribution in [2.45, 2.75) is 58.0 Å². The van der Waals surface area contributed by atoms with E-state index in [1.165, 1.54) is 43.4 Å². The van der Waals surface area contributed by atoms with Gasteiger partial charge >= 0.3 is 0 Å². The van der Waals surface area contributed by atoms with Gasteiger partial charge in [0.25, 0.3) is 5.91 Å². The summed E-state index contributed by atoms with van der Waals surface area (Å²) in [6.07, 6.45) is 6.19. The number of nitrogens with zero attached hydrogens (tertiary/aromatic N) is 1. The number of carbonyl (C=O) groups is 1. The molecule has 1 fully saturated rings. The third-order valence-electron chi connectivity index (χ3n) is 5.19. The van der Waals surface area contributed by atoms with Gasteiger partial charge in [0.15, 0.2) is 16.6 Å². The van der Waals surface area contributed by atoms with Crippen molar-refractivity contribution < 1.29 is 14.3 Å². The molecule has 3 rings (SSSR count). The predicted molar refractivity (Wildman–Crippen MR) is 113 cm³/mol. The molecule has 2 aromatic rings. The van der Waals surface area contributed by atoms with Gasteiger partial charge in [-0.1, -0.05) is 36.7 Å². The molecule has 1 amide bonds. The molecular formula is C21H29N3O3S. The second-order valence-corrected chi connectivity index (χ2v) is 8.22. The van der Waals surface area contributed by atoms with Crippen molar-refractivity contribution in [2.24, 2.45) is 0 Å². The minimum Gasteiger partial charge on any atom is -0.493 e. The summed E-state index contributed by atoms with van der Waals surface area (Å²) in [5.41, 5.74) is 1.72. The van der Waals surface area contributed by atoms with Crippen LogP contribution in [0.1, 0.15) is 66.0 Å². The van der Waals surface area contributed by atoms with Crippen molar-refractivity contribution in [3.8, 4) is 11.5 Å². The van der Waals surface area contributed by atoms with Crippen molar-refractivity contribution in [3.63, 3.8) is 0 Å². The van der Waals surface area contributed by atoms with Gasteiger partial charge in [-0.05, 0) is 44.4 Å². The molecule has 6 nitrogen and oxygen atoms in total. The fourth-order valence-electron chi connectivity index (χ4n) is 3.56. The molecule has 1 saturated carbocycles. The summed E-state index contributed by atoms with van der Waals surface area (Å²) >= 11 is 1.43. The topological polar surface area (TPSA) is 72.5 Å². The fourth-order valence-corrected chi connectivity index (χ4v) is 4.50. The lowest BCUT2D eigenvalue weighted by atomic mass is 9.96. The van der Waals surface area contributed by atoms with Crippen molar-refractivity contribution in [2.75, 3.05) is 19.5 Å². The van der Waals surface area contributed by atoms with Crippen LogP contribution in [0.25, 0.3) is 0 Å². The van der Waals surface area contributed by atoms with Gasteiger partial charge < -0.3 is 20.1 Å². The van der Waals surface area contributed by atoms with E-state index >= 15 is 0 Å². The van der Waals surface area contributed by atoms with E-state index in [9.17, 15) is 4.79 Å². The second-order valence-electron chi connectivity index (χ2n) is 7.22. The maximum Gasteiger partial charge on any atom is 0.263 e. The van der Waals surface area contributed by atoms with Crippen LogP contribution in [0.15, 0.2) is 18.2 Å². The highest BCUT2D eigenvalue weighted by molar-refractivity contribution is 7.17. The Morgan fingerprint density at radius 1 is 1.18 bits per heavy atom. The number of carbonyl (C=O) groups excluding carboxylic acids is 1. The van der Waals surface area contributed by atoms with E-state index in [1.807, 2.05) is 32.0 Å². The molecule has 1 unspecified atom stereocenters. The number of nitrogens with one attached hydrogen (secondary N) is 2. The molecule has 1 heterocycles. The minimum atomic E-state index is -0.163. The SMILES string of the molecule is COc1ccc(C(C)NC(=O)c2sc(NC3CCCCC3)nc2C)cc1OC. The van der Waals surface area contributed by atoms with Crippen LogP contribution in [0.4, 0.5) is 5.13 Å². The van der Waals surface area contributed by atoms with Crippen molar-refractivity contribution in [1.29, 1.82) is 0 Å². The number of thiazole rings is 1. The molecule has 0 saturated heterocycles. The molecule has 1 aliphatic carbocycles. The average Bonchev–Trinajstić information content (AvgIpc) is 3.08. The Morgan fingerprint density at radius 3 is 2.57 bits per heavy atom. The number of anilines is 1. The molecule has 28 heavy (non-hydrogen) atoms. The molecule has 1 atom stereocenters. The molecule has 7 heteroatoms. The third-order valence-corrected chi connectivity index (χ3v) is 6.28. The lowest BCUT2D eigenvalue weighted by Crippen LogP contribution is -2.26. The van der Waals surface area contributed by atoms with Gasteiger partial charge in [-0.3, -0.25) is 4.79 Å². The van der Waals surface area contributed by atoms with E-state index in [4.69, 9.17) is 9.47 Å². The highest BCUT2D eigenvalue weighted by Gasteiger charge is 2.21. The number of hydrogen-bond acceptors (Lipinski definition) is 6. The summed E-state index contributed by atoms with van der Waals surface area (Å²) < 4.78 is 10.6. The lowest BCUT2D eigenvalue weighted by molar-refractivity contribution is 0.0943. The van der Waals surface area contributed by atoms with Crippen LogP contribution in [0.5, 0.6) is 11.5 Å². The quantitative estimate of drug-likeness (QED) is 0.701. The van der Waals surface area contributed by atoms with E-state index in [2.05, 4.69) is 15.6 Å². The number of rotatable bonds is 7. The Hall–Kier alpha value is -2.28. The number of hydrogen-bond donors (Lipinski definition) is 2. The number of methoxy groups -OCH3 is 2. The van der Waals surface area contributed by atoms with E-state index in [0.29, 0.717) is 22.4 Å². The van der Waals surface area contributed by atoms with Crippen molar-refractivity contribution in [3.05, 3.63) is 34.3 Å². The molecule has 1 aliphatic rings. The molecule has 0 radical (unpaired) electrons. The monoisotopic (exact) mass is 403 g/mol. The lowest BCUT2D eigenvalue weighted by Gasteiger charge is -2.22. The van der Waals surface area contributed by atoms with Gasteiger partial charge in [-0.15, -0.1) is 0 Å². The molecule has 152 valence electrons. The molecule has 2 N–H and O–H groups in total. The number of aromatic nitrogens is 1. The first-order chi connectivity index (χ1) is 13.5. The Balaban J connectivity index is 1.67. The summed E-state index contributed by atoms with van der Waals surface area (Å²) in [6, 6.07) is 5.98. The first-order valence-electron chi connectivity index (χ1n) is 9.78. The Labute approximate surface area is 170 Å². The van der Waals surface area contributed by atoms with Crippen LogP contribution in [0.3, 0.4) is 0 Å². The highest BCUT2D eigenvalue weighted by atomic mass is 32.1. The zero-order chi connectivity index (χ0) is 20.1. The largest absolute Gasteiger partial charge is 0.493 e. The van der Waals surface area contributed by atoms with E-state index < -0.39 is 0 Å². The summed E-state index contributed by atoms with van der Waals surface area (Å²) in [4.78, 5) is 18.0. The summed E-state index contributed by atoms with van der Waals surface area (Å²) in [5.74, 6) is 1.21. The Bertz CT molecular complexity index is 815. The molecule has 1 aromatic carbocycles. The van der Waals surface area contributed by atoms with Gasteiger partial charge in [0.1, 0.15) is 4.88 Å². The minimum absolute atomic E-state index is 0.103. The number of ether oxygens (including phenoxy) is 2. The first kappa shape index (κ1) is 20.5. The fraction of sp³-hybridized carbons (Fsp3) is 0.524. The molecule has 0 bridgehead atoms. The van der Waals surface area contributed by atoms with Gasteiger partial charge in [0.2, 0.25) is 0 Å². The average molecular weight is 404 g/mol. The second kappa shape index (κ2) is 9.28. The van der Waals surface area contributed by atoms with Crippen LogP contribution in [-0.2, 0) is 0 Å². The predicted octanol–water partition coefficient (Wildman–Crippen LogP) is 4.70. The number of benzene rings is 1. The maximum absolute atomic E-state index is 12.8. The van der Waals surface area contributed by atoms with Crippen LogP contribution in [-0.4, -0.2) is 31.2 Å². The molecular weight excluding hydrogens is 374 g/mol.